The van der Waals surface area contributed by atoms with E-state index in [1.165, 1.54) is 0 Å². The largest absolute Gasteiger partial charge is 0.439 e. The standard InChI is InChI=1S/C16H16N4OS/c1-11-9-12(13-10-22-16(17-2)20-19-13)6-7-14(11)21-15-5-3-4-8-18-15/h3-9H,10H2,1-2H3,(H,17,20). The van der Waals surface area contributed by atoms with Crippen LogP contribution in [0.15, 0.2) is 52.8 Å². The van der Waals surface area contributed by atoms with Gasteiger partial charge in [-0.05, 0) is 42.3 Å². The van der Waals surface area contributed by atoms with Gasteiger partial charge in [0.25, 0.3) is 0 Å². The lowest BCUT2D eigenvalue weighted by molar-refractivity contribution is 0.459. The predicted molar refractivity (Wildman–Crippen MR) is 91.0 cm³/mol. The molecule has 1 aliphatic heterocycles. The number of amidine groups is 1. The van der Waals surface area contributed by atoms with E-state index in [1.807, 2.05) is 44.3 Å². The number of rotatable bonds is 3. The third-order valence-corrected chi connectivity index (χ3v) is 4.16. The van der Waals surface area contributed by atoms with E-state index in [4.69, 9.17) is 4.74 Å². The molecule has 1 aromatic heterocycles. The Morgan fingerprint density at radius 2 is 2.09 bits per heavy atom. The maximum Gasteiger partial charge on any atom is 0.219 e. The van der Waals surface area contributed by atoms with Crippen LogP contribution in [0.3, 0.4) is 0 Å². The number of nitrogens with zero attached hydrogens (tertiary/aromatic N) is 3. The van der Waals surface area contributed by atoms with Crippen LogP contribution in [-0.4, -0.2) is 28.7 Å². The van der Waals surface area contributed by atoms with Crippen molar-refractivity contribution in [2.75, 3.05) is 12.8 Å². The monoisotopic (exact) mass is 312 g/mol. The van der Waals surface area contributed by atoms with E-state index < -0.39 is 0 Å². The fourth-order valence-electron chi connectivity index (χ4n) is 2.03. The Labute approximate surface area is 133 Å². The smallest absolute Gasteiger partial charge is 0.219 e. The fraction of sp³-hybridized carbons (Fsp3) is 0.188. The van der Waals surface area contributed by atoms with Gasteiger partial charge in [0, 0.05) is 25.1 Å². The van der Waals surface area contributed by atoms with Gasteiger partial charge in [-0.2, -0.15) is 5.10 Å². The highest BCUT2D eigenvalue weighted by atomic mass is 32.2. The molecule has 2 heterocycles. The van der Waals surface area contributed by atoms with Gasteiger partial charge < -0.3 is 10.1 Å². The van der Waals surface area contributed by atoms with E-state index >= 15 is 0 Å². The summed E-state index contributed by atoms with van der Waals surface area (Å²) >= 11 is 1.65. The second-order valence-corrected chi connectivity index (χ2v) is 5.70. The molecule has 0 bridgehead atoms. The number of ether oxygens (including phenoxy) is 1. The van der Waals surface area contributed by atoms with Gasteiger partial charge in [0.1, 0.15) is 5.75 Å². The average Bonchev–Trinajstić information content (AvgIpc) is 2.58. The Morgan fingerprint density at radius 1 is 1.18 bits per heavy atom. The van der Waals surface area contributed by atoms with Crippen molar-refractivity contribution in [2.45, 2.75) is 6.92 Å². The first-order valence-corrected chi connectivity index (χ1v) is 7.90. The minimum absolute atomic E-state index is 0.590. The first-order valence-electron chi connectivity index (χ1n) is 6.91. The van der Waals surface area contributed by atoms with Crippen LogP contribution in [0.1, 0.15) is 11.1 Å². The van der Waals surface area contributed by atoms with Crippen LogP contribution in [0.4, 0.5) is 0 Å². The maximum atomic E-state index is 5.79. The maximum absolute atomic E-state index is 5.79. The molecule has 0 unspecified atom stereocenters. The summed E-state index contributed by atoms with van der Waals surface area (Å²) in [5.74, 6) is 2.19. The summed E-state index contributed by atoms with van der Waals surface area (Å²) in [7, 11) is 1.85. The summed E-state index contributed by atoms with van der Waals surface area (Å²) in [5.41, 5.74) is 3.08. The molecule has 0 atom stereocenters. The summed E-state index contributed by atoms with van der Waals surface area (Å²) in [6, 6.07) is 11.6. The minimum atomic E-state index is 0.590. The SMILES string of the molecule is CNC1=NN=C(c2ccc(Oc3ccccn3)c(C)c2)CS1. The molecule has 22 heavy (non-hydrogen) atoms. The Bertz CT molecular complexity index is 728. The lowest BCUT2D eigenvalue weighted by atomic mass is 10.1. The number of hydrogen-bond donors (Lipinski definition) is 1. The van der Waals surface area contributed by atoms with E-state index in [9.17, 15) is 0 Å². The summed E-state index contributed by atoms with van der Waals surface area (Å²) in [5, 5.41) is 12.3. The van der Waals surface area contributed by atoms with Crippen molar-refractivity contribution in [1.82, 2.24) is 10.3 Å². The van der Waals surface area contributed by atoms with Gasteiger partial charge in [-0.3, -0.25) is 0 Å². The van der Waals surface area contributed by atoms with Crippen molar-refractivity contribution in [3.05, 3.63) is 53.7 Å². The Morgan fingerprint density at radius 3 is 2.73 bits per heavy atom. The molecule has 1 aliphatic rings. The van der Waals surface area contributed by atoms with Crippen molar-refractivity contribution in [2.24, 2.45) is 10.2 Å². The van der Waals surface area contributed by atoms with Crippen LogP contribution in [-0.2, 0) is 0 Å². The van der Waals surface area contributed by atoms with Gasteiger partial charge in [-0.25, -0.2) is 4.98 Å². The van der Waals surface area contributed by atoms with Crippen molar-refractivity contribution in [3.63, 3.8) is 0 Å². The van der Waals surface area contributed by atoms with Gasteiger partial charge in [0.2, 0.25) is 5.88 Å². The molecular formula is C16H16N4OS. The van der Waals surface area contributed by atoms with Gasteiger partial charge >= 0.3 is 0 Å². The average molecular weight is 312 g/mol. The highest BCUT2D eigenvalue weighted by molar-refractivity contribution is 8.14. The van der Waals surface area contributed by atoms with Gasteiger partial charge in [0.05, 0.1) is 5.71 Å². The molecule has 3 rings (SSSR count). The third kappa shape index (κ3) is 3.28. The normalized spacial score (nSPS) is 14.1. The third-order valence-electron chi connectivity index (χ3n) is 3.18. The summed E-state index contributed by atoms with van der Waals surface area (Å²) in [6.45, 7) is 2.01. The zero-order chi connectivity index (χ0) is 15.4. The highest BCUT2D eigenvalue weighted by Gasteiger charge is 2.13. The summed E-state index contributed by atoms with van der Waals surface area (Å²) in [6.07, 6.45) is 1.71. The Hall–Kier alpha value is -2.34. The molecule has 0 amide bonds. The molecule has 112 valence electrons. The second kappa shape index (κ2) is 6.62. The van der Waals surface area contributed by atoms with E-state index in [0.29, 0.717) is 5.88 Å². The molecule has 0 aliphatic carbocycles. The molecule has 0 saturated heterocycles. The summed E-state index contributed by atoms with van der Waals surface area (Å²) in [4.78, 5) is 4.17. The molecule has 0 fully saturated rings. The molecule has 0 saturated carbocycles. The predicted octanol–water partition coefficient (Wildman–Crippen LogP) is 3.21. The number of aryl methyl sites for hydroxylation is 1. The molecule has 2 aromatic rings. The highest BCUT2D eigenvalue weighted by Crippen LogP contribution is 2.25. The quantitative estimate of drug-likeness (QED) is 0.945. The number of nitrogens with one attached hydrogen (secondary N) is 1. The van der Waals surface area contributed by atoms with Crippen LogP contribution in [0.2, 0.25) is 0 Å². The second-order valence-electron chi connectivity index (χ2n) is 4.74. The zero-order valence-electron chi connectivity index (χ0n) is 12.4. The van der Waals surface area contributed by atoms with E-state index in [0.717, 1.165) is 33.5 Å². The van der Waals surface area contributed by atoms with Gasteiger partial charge in [0.15, 0.2) is 5.17 Å². The van der Waals surface area contributed by atoms with E-state index in [-0.39, 0.29) is 0 Å². The van der Waals surface area contributed by atoms with E-state index in [1.54, 1.807) is 18.0 Å². The first-order chi connectivity index (χ1) is 10.8. The van der Waals surface area contributed by atoms with Crippen molar-refractivity contribution in [1.29, 1.82) is 0 Å². The number of pyridine rings is 1. The minimum Gasteiger partial charge on any atom is -0.439 e. The molecular weight excluding hydrogens is 296 g/mol. The van der Waals surface area contributed by atoms with Gasteiger partial charge in [-0.15, -0.1) is 5.10 Å². The fourth-order valence-corrected chi connectivity index (χ4v) is 2.77. The Balaban J connectivity index is 1.81. The Kier molecular flexibility index (Phi) is 4.39. The van der Waals surface area contributed by atoms with Crippen LogP contribution in [0, 0.1) is 6.92 Å². The molecule has 0 spiro atoms. The molecule has 6 heteroatoms. The van der Waals surface area contributed by atoms with Crippen LogP contribution in [0.5, 0.6) is 11.6 Å². The first kappa shape index (κ1) is 14.6. The summed E-state index contributed by atoms with van der Waals surface area (Å²) < 4.78 is 5.79. The van der Waals surface area contributed by atoms with Crippen molar-refractivity contribution in [3.8, 4) is 11.6 Å². The lowest BCUT2D eigenvalue weighted by Crippen LogP contribution is -2.20. The number of thioether (sulfide) groups is 1. The topological polar surface area (TPSA) is 58.9 Å². The van der Waals surface area contributed by atoms with Crippen LogP contribution in [0.25, 0.3) is 0 Å². The molecule has 5 nitrogen and oxygen atoms in total. The molecule has 1 aromatic carbocycles. The van der Waals surface area contributed by atoms with Crippen molar-refractivity contribution < 1.29 is 4.74 Å². The number of benzene rings is 1. The molecule has 0 radical (unpaired) electrons. The zero-order valence-corrected chi connectivity index (χ0v) is 13.2. The van der Waals surface area contributed by atoms with Gasteiger partial charge in [-0.1, -0.05) is 17.8 Å². The van der Waals surface area contributed by atoms with Crippen LogP contribution < -0.4 is 10.1 Å². The van der Waals surface area contributed by atoms with E-state index in [2.05, 4.69) is 26.6 Å². The van der Waals surface area contributed by atoms with Crippen molar-refractivity contribution >= 4 is 22.6 Å². The molecule has 1 N–H and O–H groups in total. The van der Waals surface area contributed by atoms with Crippen LogP contribution >= 0.6 is 11.8 Å². The number of hydrogen-bond acceptors (Lipinski definition) is 6. The lowest BCUT2D eigenvalue weighted by Gasteiger charge is -2.13. The number of aromatic nitrogens is 1.